The SMILES string of the molecule is CCCCN(Cc1ccccc1C(N)=S)c1ccccc1. The van der Waals surface area contributed by atoms with Gasteiger partial charge in [-0.05, 0) is 24.1 Å². The number of nitrogens with zero attached hydrogens (tertiary/aromatic N) is 1. The molecule has 0 heterocycles. The van der Waals surface area contributed by atoms with Crippen LogP contribution in [0.1, 0.15) is 30.9 Å². The summed E-state index contributed by atoms with van der Waals surface area (Å²) < 4.78 is 0. The molecule has 0 spiro atoms. The molecule has 110 valence electrons. The Labute approximate surface area is 132 Å². The van der Waals surface area contributed by atoms with E-state index in [1.807, 2.05) is 24.3 Å². The molecule has 2 aromatic carbocycles. The largest absolute Gasteiger partial charge is 0.389 e. The molecule has 0 saturated carbocycles. The molecule has 0 aliphatic carbocycles. The Morgan fingerprint density at radius 3 is 2.38 bits per heavy atom. The Kier molecular flexibility index (Phi) is 5.76. The summed E-state index contributed by atoms with van der Waals surface area (Å²) in [6.07, 6.45) is 2.35. The molecule has 2 nitrogen and oxygen atoms in total. The molecule has 0 saturated heterocycles. The van der Waals surface area contributed by atoms with Crippen molar-refractivity contribution in [1.29, 1.82) is 0 Å². The highest BCUT2D eigenvalue weighted by molar-refractivity contribution is 7.80. The lowest BCUT2D eigenvalue weighted by Crippen LogP contribution is -2.25. The van der Waals surface area contributed by atoms with Gasteiger partial charge < -0.3 is 10.6 Å². The van der Waals surface area contributed by atoms with Crippen molar-refractivity contribution >= 4 is 22.9 Å². The van der Waals surface area contributed by atoms with Crippen molar-refractivity contribution in [2.24, 2.45) is 5.73 Å². The van der Waals surface area contributed by atoms with Gasteiger partial charge in [0.15, 0.2) is 0 Å². The molecule has 3 heteroatoms. The van der Waals surface area contributed by atoms with Crippen LogP contribution in [-0.2, 0) is 6.54 Å². The van der Waals surface area contributed by atoms with E-state index in [9.17, 15) is 0 Å². The molecule has 0 aliphatic rings. The lowest BCUT2D eigenvalue weighted by molar-refractivity contribution is 0.715. The van der Waals surface area contributed by atoms with Crippen LogP contribution in [0.2, 0.25) is 0 Å². The monoisotopic (exact) mass is 298 g/mol. The molecular formula is C18H22N2S. The zero-order valence-electron chi connectivity index (χ0n) is 12.5. The molecule has 0 bridgehead atoms. The van der Waals surface area contributed by atoms with Crippen LogP contribution in [0.5, 0.6) is 0 Å². The molecule has 0 aliphatic heterocycles. The fraction of sp³-hybridized carbons (Fsp3) is 0.278. The Balaban J connectivity index is 2.25. The van der Waals surface area contributed by atoms with E-state index in [1.54, 1.807) is 0 Å². The molecule has 0 radical (unpaired) electrons. The molecule has 0 unspecified atom stereocenters. The lowest BCUT2D eigenvalue weighted by Gasteiger charge is -2.26. The van der Waals surface area contributed by atoms with Crippen LogP contribution in [0.15, 0.2) is 54.6 Å². The normalized spacial score (nSPS) is 10.3. The Bertz CT molecular complexity index is 581. The minimum Gasteiger partial charge on any atom is -0.389 e. The molecule has 2 N–H and O–H groups in total. The van der Waals surface area contributed by atoms with Gasteiger partial charge in [0.25, 0.3) is 0 Å². The fourth-order valence-electron chi connectivity index (χ4n) is 2.39. The van der Waals surface area contributed by atoms with Crippen LogP contribution in [-0.4, -0.2) is 11.5 Å². The van der Waals surface area contributed by atoms with Crippen molar-refractivity contribution in [3.8, 4) is 0 Å². The van der Waals surface area contributed by atoms with Crippen molar-refractivity contribution in [3.05, 3.63) is 65.7 Å². The van der Waals surface area contributed by atoms with E-state index in [2.05, 4.69) is 42.2 Å². The molecule has 0 fully saturated rings. The number of hydrogen-bond acceptors (Lipinski definition) is 2. The predicted molar refractivity (Wildman–Crippen MR) is 94.7 cm³/mol. The Hall–Kier alpha value is -1.87. The number of anilines is 1. The van der Waals surface area contributed by atoms with Gasteiger partial charge in [-0.15, -0.1) is 0 Å². The first kappa shape index (κ1) is 15.5. The van der Waals surface area contributed by atoms with Gasteiger partial charge in [-0.2, -0.15) is 0 Å². The second-order valence-electron chi connectivity index (χ2n) is 5.13. The van der Waals surface area contributed by atoms with E-state index in [4.69, 9.17) is 18.0 Å². The number of hydrogen-bond donors (Lipinski definition) is 1. The van der Waals surface area contributed by atoms with E-state index in [0.29, 0.717) is 4.99 Å². The number of rotatable bonds is 7. The third-order valence-electron chi connectivity index (χ3n) is 3.55. The average Bonchev–Trinajstić information content (AvgIpc) is 2.52. The molecule has 0 amide bonds. The summed E-state index contributed by atoms with van der Waals surface area (Å²) in [4.78, 5) is 2.86. The van der Waals surface area contributed by atoms with Gasteiger partial charge in [-0.1, -0.05) is 68.0 Å². The van der Waals surface area contributed by atoms with Gasteiger partial charge in [0, 0.05) is 24.3 Å². The van der Waals surface area contributed by atoms with E-state index >= 15 is 0 Å². The smallest absolute Gasteiger partial charge is 0.104 e. The van der Waals surface area contributed by atoms with Gasteiger partial charge in [-0.3, -0.25) is 0 Å². The maximum atomic E-state index is 5.84. The number of nitrogens with two attached hydrogens (primary N) is 1. The second-order valence-corrected chi connectivity index (χ2v) is 5.57. The molecule has 0 aromatic heterocycles. The molecule has 21 heavy (non-hydrogen) atoms. The van der Waals surface area contributed by atoms with E-state index in [-0.39, 0.29) is 0 Å². The zero-order chi connectivity index (χ0) is 15.1. The van der Waals surface area contributed by atoms with Crippen LogP contribution in [0.4, 0.5) is 5.69 Å². The Morgan fingerprint density at radius 2 is 1.71 bits per heavy atom. The number of para-hydroxylation sites is 1. The standard InChI is InChI=1S/C18H22N2S/c1-2-3-13-20(16-10-5-4-6-11-16)14-15-9-7-8-12-17(15)18(19)21/h4-12H,2-3,13-14H2,1H3,(H2,19,21). The van der Waals surface area contributed by atoms with Gasteiger partial charge in [-0.25, -0.2) is 0 Å². The maximum absolute atomic E-state index is 5.84. The second kappa shape index (κ2) is 7.79. The fourth-order valence-corrected chi connectivity index (χ4v) is 2.59. The summed E-state index contributed by atoms with van der Waals surface area (Å²) >= 11 is 5.17. The summed E-state index contributed by atoms with van der Waals surface area (Å²) in [5.74, 6) is 0. The molecular weight excluding hydrogens is 276 g/mol. The third-order valence-corrected chi connectivity index (χ3v) is 3.77. The first-order chi connectivity index (χ1) is 10.2. The quantitative estimate of drug-likeness (QED) is 0.779. The summed E-state index contributed by atoms with van der Waals surface area (Å²) in [6, 6.07) is 18.6. The van der Waals surface area contributed by atoms with Crippen molar-refractivity contribution < 1.29 is 0 Å². The van der Waals surface area contributed by atoms with Crippen molar-refractivity contribution in [1.82, 2.24) is 0 Å². The van der Waals surface area contributed by atoms with Gasteiger partial charge >= 0.3 is 0 Å². The van der Waals surface area contributed by atoms with Crippen LogP contribution in [0, 0.1) is 0 Å². The first-order valence-electron chi connectivity index (χ1n) is 7.40. The van der Waals surface area contributed by atoms with Crippen molar-refractivity contribution in [2.75, 3.05) is 11.4 Å². The van der Waals surface area contributed by atoms with Crippen LogP contribution in [0.3, 0.4) is 0 Å². The lowest BCUT2D eigenvalue weighted by atomic mass is 10.1. The van der Waals surface area contributed by atoms with Crippen LogP contribution >= 0.6 is 12.2 Å². The summed E-state index contributed by atoms with van der Waals surface area (Å²) in [6.45, 7) is 4.08. The summed E-state index contributed by atoms with van der Waals surface area (Å²) in [5.41, 5.74) is 9.24. The Morgan fingerprint density at radius 1 is 1.05 bits per heavy atom. The van der Waals surface area contributed by atoms with Crippen molar-refractivity contribution in [2.45, 2.75) is 26.3 Å². The predicted octanol–water partition coefficient (Wildman–Crippen LogP) is 4.13. The number of thiocarbonyl (C=S) groups is 1. The minimum atomic E-state index is 0.467. The number of benzene rings is 2. The van der Waals surface area contributed by atoms with E-state index in [1.165, 1.54) is 24.1 Å². The minimum absolute atomic E-state index is 0.467. The third kappa shape index (κ3) is 4.30. The maximum Gasteiger partial charge on any atom is 0.104 e. The zero-order valence-corrected chi connectivity index (χ0v) is 13.3. The molecule has 2 rings (SSSR count). The number of unbranched alkanes of at least 4 members (excludes halogenated alkanes) is 1. The highest BCUT2D eigenvalue weighted by Crippen LogP contribution is 2.19. The van der Waals surface area contributed by atoms with Crippen LogP contribution in [0.25, 0.3) is 0 Å². The van der Waals surface area contributed by atoms with Gasteiger partial charge in [0.2, 0.25) is 0 Å². The first-order valence-corrected chi connectivity index (χ1v) is 7.81. The van der Waals surface area contributed by atoms with Crippen molar-refractivity contribution in [3.63, 3.8) is 0 Å². The molecule has 2 aromatic rings. The average molecular weight is 298 g/mol. The summed E-state index contributed by atoms with van der Waals surface area (Å²) in [5, 5.41) is 0. The molecule has 0 atom stereocenters. The van der Waals surface area contributed by atoms with E-state index in [0.717, 1.165) is 18.7 Å². The van der Waals surface area contributed by atoms with Gasteiger partial charge in [0.05, 0.1) is 0 Å². The summed E-state index contributed by atoms with van der Waals surface area (Å²) in [7, 11) is 0. The van der Waals surface area contributed by atoms with Gasteiger partial charge in [0.1, 0.15) is 4.99 Å². The highest BCUT2D eigenvalue weighted by Gasteiger charge is 2.10. The topological polar surface area (TPSA) is 29.3 Å². The van der Waals surface area contributed by atoms with E-state index < -0.39 is 0 Å². The van der Waals surface area contributed by atoms with Crippen LogP contribution < -0.4 is 10.6 Å². The highest BCUT2D eigenvalue weighted by atomic mass is 32.1.